The third kappa shape index (κ3) is 9.82. The van der Waals surface area contributed by atoms with E-state index in [1.165, 1.54) is 34.2 Å². The zero-order valence-corrected chi connectivity index (χ0v) is 49.2. The predicted octanol–water partition coefficient (Wildman–Crippen LogP) is 12.7. The van der Waals surface area contributed by atoms with Gasteiger partial charge in [-0.2, -0.15) is 0 Å². The van der Waals surface area contributed by atoms with E-state index in [4.69, 9.17) is 23.4 Å². The van der Waals surface area contributed by atoms with E-state index in [2.05, 4.69) is 140 Å². The second kappa shape index (κ2) is 23.6. The van der Waals surface area contributed by atoms with Crippen LogP contribution in [0, 0.1) is 29.6 Å². The fourth-order valence-corrected chi connectivity index (χ4v) is 17.4. The lowest BCUT2D eigenvalue weighted by Gasteiger charge is -2.52. The molecule has 2 bridgehead atoms. The van der Waals surface area contributed by atoms with E-state index in [0.29, 0.717) is 41.7 Å². The Bertz CT molecular complexity index is 3860. The van der Waals surface area contributed by atoms with E-state index in [9.17, 15) is 25.2 Å². The van der Waals surface area contributed by atoms with Gasteiger partial charge in [0.05, 0.1) is 25.4 Å². The van der Waals surface area contributed by atoms with Gasteiger partial charge < -0.3 is 43.8 Å². The summed E-state index contributed by atoms with van der Waals surface area (Å²) >= 11 is 0. The van der Waals surface area contributed by atoms with Gasteiger partial charge in [0, 0.05) is 65.1 Å². The maximum atomic E-state index is 15.9. The molecule has 12 heteroatoms. The Morgan fingerprint density at radius 2 is 1.61 bits per heavy atom. The first-order valence-electron chi connectivity index (χ1n) is 31.6. The fraction of sp³-hybridized carbons (Fsp3) is 0.400. The van der Waals surface area contributed by atoms with Gasteiger partial charge in [-0.3, -0.25) is 4.79 Å². The molecule has 13 unspecified atom stereocenters. The normalized spacial score (nSPS) is 30.4. The summed E-state index contributed by atoms with van der Waals surface area (Å²) in [5.41, 5.74) is 8.53. The summed E-state index contributed by atoms with van der Waals surface area (Å²) in [5, 5.41) is 42.4. The van der Waals surface area contributed by atoms with Gasteiger partial charge in [0.25, 0.3) is 0 Å². The van der Waals surface area contributed by atoms with Crippen LogP contribution < -0.4 is 10.4 Å². The molecule has 0 saturated heterocycles. The summed E-state index contributed by atoms with van der Waals surface area (Å²) in [6, 6.07) is 38.5. The van der Waals surface area contributed by atoms with Gasteiger partial charge in [-0.05, 0) is 149 Å². The van der Waals surface area contributed by atoms with Gasteiger partial charge in [0.2, 0.25) is 0 Å². The van der Waals surface area contributed by atoms with Gasteiger partial charge in [0.1, 0.15) is 18.1 Å². The van der Waals surface area contributed by atoms with Crippen molar-refractivity contribution in [2.75, 3.05) is 26.6 Å². The highest BCUT2D eigenvalue weighted by atomic mass is 16.6. The first-order chi connectivity index (χ1) is 42.5. The predicted molar refractivity (Wildman–Crippen MR) is 332 cm³/mol. The van der Waals surface area contributed by atoms with Crippen molar-refractivity contribution < 1.29 is 53.4 Å². The van der Waals surface area contributed by atoms with Crippen LogP contribution in [0.2, 0.25) is 0 Å². The van der Waals surface area contributed by atoms with Gasteiger partial charge in [-0.1, -0.05) is 159 Å². The minimum atomic E-state index is -1.42. The van der Waals surface area contributed by atoms with Gasteiger partial charge in [-0.15, -0.1) is 0 Å². The second-order valence-electron chi connectivity index (χ2n) is 25.8. The number of hydrogen-bond donors (Lipinski definition) is 4. The Hall–Kier alpha value is -7.45. The molecule has 13 atom stereocenters. The second-order valence-corrected chi connectivity index (χ2v) is 25.8. The van der Waals surface area contributed by atoms with E-state index in [1.54, 1.807) is 19.1 Å². The van der Waals surface area contributed by atoms with E-state index >= 15 is 9.59 Å². The maximum absolute atomic E-state index is 15.9. The Labute approximate surface area is 507 Å². The average Bonchev–Trinajstić information content (AvgIpc) is 1.75. The molecule has 3 aliphatic heterocycles. The molecule has 6 aliphatic carbocycles. The first kappa shape index (κ1) is 57.3. The van der Waals surface area contributed by atoms with Crippen molar-refractivity contribution in [1.82, 2.24) is 0 Å². The Balaban J connectivity index is 0.916. The number of hydrogen-bond acceptors (Lipinski definition) is 12. The van der Waals surface area contributed by atoms with E-state index in [1.807, 2.05) is 6.07 Å². The molecule has 4 heterocycles. The lowest BCUT2D eigenvalue weighted by molar-refractivity contribution is -0.205. The molecule has 87 heavy (non-hydrogen) atoms. The topological polar surface area (TPSA) is 182 Å². The van der Waals surface area contributed by atoms with E-state index in [0.717, 1.165) is 36.0 Å². The summed E-state index contributed by atoms with van der Waals surface area (Å²) in [5.74, 6) is -1.97. The molecule has 2 saturated carbocycles. The number of esters is 2. The number of fused-ring (bicyclic) bond motifs is 20. The zero-order valence-electron chi connectivity index (χ0n) is 49.2. The molecule has 1 aromatic heterocycles. The van der Waals surface area contributed by atoms with Crippen LogP contribution in [0.25, 0.3) is 23.1 Å². The molecule has 2 fully saturated rings. The highest BCUT2D eigenvalue weighted by Gasteiger charge is 2.64. The summed E-state index contributed by atoms with van der Waals surface area (Å²) in [6.45, 7) is -0.363. The molecule has 1 spiro atoms. The number of rotatable bonds is 10. The Morgan fingerprint density at radius 3 is 2.44 bits per heavy atom. The number of carbonyl (C=O) groups is 2. The molecule has 9 aliphatic rings. The van der Waals surface area contributed by atoms with Crippen LogP contribution in [0.5, 0.6) is 5.75 Å². The highest BCUT2D eigenvalue weighted by molar-refractivity contribution is 5.91. The average molecular weight is 1170 g/mol. The number of aliphatic hydroxyl groups is 4. The highest BCUT2D eigenvalue weighted by Crippen LogP contribution is 2.63. The lowest BCUT2D eigenvalue weighted by Crippen LogP contribution is -2.61. The Morgan fingerprint density at radius 1 is 0.782 bits per heavy atom. The third-order valence-corrected chi connectivity index (χ3v) is 21.5. The van der Waals surface area contributed by atoms with Crippen molar-refractivity contribution in [1.29, 1.82) is 0 Å². The van der Waals surface area contributed by atoms with Crippen LogP contribution in [0.3, 0.4) is 0 Å². The van der Waals surface area contributed by atoms with Gasteiger partial charge >= 0.3 is 17.6 Å². The first-order valence-corrected chi connectivity index (χ1v) is 31.6. The Kier molecular flexibility index (Phi) is 15.5. The fourth-order valence-electron chi connectivity index (χ4n) is 17.4. The quantitative estimate of drug-likeness (QED) is 0.0335. The van der Waals surface area contributed by atoms with Gasteiger partial charge in [-0.25, -0.2) is 9.59 Å². The molecule has 15 rings (SSSR count). The van der Waals surface area contributed by atoms with E-state index in [-0.39, 0.29) is 114 Å². The molecule has 4 N–H and O–H groups in total. The van der Waals surface area contributed by atoms with Crippen LogP contribution in [-0.4, -0.2) is 70.7 Å². The number of ether oxygens (including phenoxy) is 4. The monoisotopic (exact) mass is 1170 g/mol. The van der Waals surface area contributed by atoms with Gasteiger partial charge in [0.15, 0.2) is 17.8 Å². The zero-order chi connectivity index (χ0) is 59.6. The summed E-state index contributed by atoms with van der Waals surface area (Å²) < 4.78 is 33.7. The van der Waals surface area contributed by atoms with Crippen molar-refractivity contribution >= 4 is 35.1 Å². The smallest absolute Gasteiger partial charge is 0.340 e. The van der Waals surface area contributed by atoms with Crippen LogP contribution in [0.4, 0.5) is 0 Å². The third-order valence-electron chi connectivity index (χ3n) is 21.5. The summed E-state index contributed by atoms with van der Waals surface area (Å²) in [7, 11) is 0. The molecule has 0 radical (unpaired) electrons. The lowest BCUT2D eigenvalue weighted by atomic mass is 9.56. The van der Waals surface area contributed by atoms with Crippen molar-refractivity contribution in [3.63, 3.8) is 0 Å². The molecule has 0 amide bonds. The van der Waals surface area contributed by atoms with Crippen molar-refractivity contribution in [2.24, 2.45) is 29.6 Å². The van der Waals surface area contributed by atoms with E-state index < -0.39 is 61.3 Å². The van der Waals surface area contributed by atoms with Crippen LogP contribution in [0.15, 0.2) is 166 Å². The molecule has 448 valence electrons. The number of carbonyl (C=O) groups excluding carboxylic acids is 2. The molecular weight excluding hydrogens is 1090 g/mol. The van der Waals surface area contributed by atoms with Crippen LogP contribution >= 0.6 is 0 Å². The number of aryl methyl sites for hydroxylation is 1. The molecule has 5 aromatic carbocycles. The number of aliphatic hydroxyl groups excluding tert-OH is 4. The standard InChI is InChI=1S/C75H76O12/c1-44(40-77)55-27-20-45-18-21-47(22-19-45)56-28-25-50(49-12-8-14-54(37-49)74-33-7-6-13-53(74)26-23-48-11-3-5-17-63(48)74)36-52(56)38-66(80)84-70-68-65(31-30-60-62(41-78)67(73(82)85-69(60)68)51(32-35-76)42-83-43-79)87-75(71(70)86-72(55)81)34-9-16-59-58-29-24-46-10-2-4-15-57(46)61(58)39-64(59)75/h2-5,8-12,14-19,21-26,28-31,37,50-53,56,58-59,61,64,70-71,76-79H,6-7,13,20,27,32-36,38-43H2,1H3. The minimum Gasteiger partial charge on any atom is -0.482 e. The van der Waals surface area contributed by atoms with Crippen molar-refractivity contribution in [3.8, 4) is 5.75 Å². The van der Waals surface area contributed by atoms with Crippen molar-refractivity contribution in [3.05, 3.63) is 228 Å². The van der Waals surface area contributed by atoms with Crippen LogP contribution in [0.1, 0.15) is 162 Å². The SMILES string of the molecule is CC(CO)=C1CCc2ccc(cc2)C2C=CC(c3cccc(C45CCCCC4C=Cc4ccccc45)c3)CC2CC(=O)OC2c3c(ccc4c(CO)c(C(CCO)COCO)c(=O)oc34)OC3(CC=CC4C5C=Cc6ccccc6C5CC43)C2OC1=O. The van der Waals surface area contributed by atoms with Crippen LogP contribution in [-0.2, 0) is 42.2 Å². The minimum absolute atomic E-state index is 0.00454. The summed E-state index contributed by atoms with van der Waals surface area (Å²) in [6.07, 6.45) is 22.4. The maximum Gasteiger partial charge on any atom is 0.340 e. The molecule has 12 nitrogen and oxygen atoms in total. The molecule has 6 aromatic rings. The largest absolute Gasteiger partial charge is 0.482 e. The number of allylic oxidation sites excluding steroid dienone is 5. The number of benzene rings is 5. The summed E-state index contributed by atoms with van der Waals surface area (Å²) in [4.78, 5) is 46.2. The molecular formula is C75H76O12. The van der Waals surface area contributed by atoms with Crippen molar-refractivity contribution in [2.45, 2.75) is 131 Å².